The van der Waals surface area contributed by atoms with E-state index in [0.29, 0.717) is 17.3 Å². The molecule has 0 bridgehead atoms. The van der Waals surface area contributed by atoms with Gasteiger partial charge in [-0.25, -0.2) is 0 Å². The van der Waals surface area contributed by atoms with Crippen LogP contribution in [0.1, 0.15) is 16.5 Å². The minimum atomic E-state index is -0.138. The third-order valence-corrected chi connectivity index (χ3v) is 4.88. The summed E-state index contributed by atoms with van der Waals surface area (Å²) in [5, 5.41) is 5.65. The number of amides is 1. The van der Waals surface area contributed by atoms with Gasteiger partial charge in [-0.05, 0) is 56.2 Å². The molecule has 1 atom stereocenters. The molecule has 0 aliphatic carbocycles. The number of ether oxygens (including phenoxy) is 1. The number of thiophene rings is 1. The number of carbonyl (C=O) groups is 1. The Balaban J connectivity index is 1.83. The van der Waals surface area contributed by atoms with Crippen molar-refractivity contribution in [3.05, 3.63) is 51.2 Å². The van der Waals surface area contributed by atoms with Crippen molar-refractivity contribution in [3.63, 3.8) is 0 Å². The van der Waals surface area contributed by atoms with Crippen LogP contribution in [-0.4, -0.2) is 38.1 Å². The highest BCUT2D eigenvalue weighted by molar-refractivity contribution is 7.10. The highest BCUT2D eigenvalue weighted by atomic mass is 35.5. The van der Waals surface area contributed by atoms with Crippen molar-refractivity contribution in [1.29, 1.82) is 0 Å². The van der Waals surface area contributed by atoms with E-state index in [1.54, 1.807) is 23.5 Å². The van der Waals surface area contributed by atoms with Crippen LogP contribution in [0.2, 0.25) is 5.02 Å². The van der Waals surface area contributed by atoms with Crippen LogP contribution in [0.15, 0.2) is 35.7 Å². The SMILES string of the molecule is Cc1cc(OCC(=O)NC[C@@H](c2cccs2)N(C)C)ccc1Cl. The summed E-state index contributed by atoms with van der Waals surface area (Å²) in [7, 11) is 4.01. The van der Waals surface area contributed by atoms with Crippen LogP contribution >= 0.6 is 22.9 Å². The number of benzene rings is 1. The first-order valence-electron chi connectivity index (χ1n) is 7.33. The Labute approximate surface area is 146 Å². The number of likely N-dealkylation sites (N-methyl/N-ethyl adjacent to an activating group) is 1. The Morgan fingerprint density at radius 1 is 1.39 bits per heavy atom. The lowest BCUT2D eigenvalue weighted by molar-refractivity contribution is -0.123. The normalized spacial score (nSPS) is 12.2. The minimum absolute atomic E-state index is 0.00827. The second kappa shape index (κ2) is 8.34. The smallest absolute Gasteiger partial charge is 0.258 e. The molecule has 1 amide bonds. The van der Waals surface area contributed by atoms with E-state index in [1.807, 2.05) is 38.5 Å². The van der Waals surface area contributed by atoms with E-state index >= 15 is 0 Å². The molecule has 1 N–H and O–H groups in total. The summed E-state index contributed by atoms with van der Waals surface area (Å²) in [5.41, 5.74) is 0.926. The Kier molecular flexibility index (Phi) is 6.45. The molecule has 6 heteroatoms. The first kappa shape index (κ1) is 17.8. The van der Waals surface area contributed by atoms with Crippen LogP contribution in [0.5, 0.6) is 5.75 Å². The number of rotatable bonds is 7. The topological polar surface area (TPSA) is 41.6 Å². The maximum Gasteiger partial charge on any atom is 0.258 e. The van der Waals surface area contributed by atoms with Crippen LogP contribution in [0, 0.1) is 6.92 Å². The van der Waals surface area contributed by atoms with Gasteiger partial charge in [0, 0.05) is 16.4 Å². The third-order valence-electron chi connectivity index (χ3n) is 3.49. The molecule has 0 saturated carbocycles. The van der Waals surface area contributed by atoms with Gasteiger partial charge in [0.2, 0.25) is 0 Å². The maximum atomic E-state index is 12.0. The molecule has 2 aromatic rings. The molecule has 0 unspecified atom stereocenters. The van der Waals surface area contributed by atoms with Crippen LogP contribution in [0.3, 0.4) is 0 Å². The number of nitrogens with one attached hydrogen (secondary N) is 1. The van der Waals surface area contributed by atoms with Gasteiger partial charge < -0.3 is 15.0 Å². The first-order valence-corrected chi connectivity index (χ1v) is 8.58. The van der Waals surface area contributed by atoms with E-state index in [1.165, 1.54) is 4.88 Å². The van der Waals surface area contributed by atoms with E-state index in [4.69, 9.17) is 16.3 Å². The molecule has 0 aliphatic heterocycles. The largest absolute Gasteiger partial charge is 0.484 e. The van der Waals surface area contributed by atoms with Gasteiger partial charge in [0.05, 0.1) is 6.04 Å². The average molecular weight is 353 g/mol. The highest BCUT2D eigenvalue weighted by Crippen LogP contribution is 2.22. The summed E-state index contributed by atoms with van der Waals surface area (Å²) in [5.74, 6) is 0.505. The van der Waals surface area contributed by atoms with E-state index < -0.39 is 0 Å². The van der Waals surface area contributed by atoms with E-state index in [9.17, 15) is 4.79 Å². The molecule has 0 saturated heterocycles. The van der Waals surface area contributed by atoms with Gasteiger partial charge in [-0.2, -0.15) is 0 Å². The van der Waals surface area contributed by atoms with Gasteiger partial charge in [-0.15, -0.1) is 11.3 Å². The first-order chi connectivity index (χ1) is 11.0. The fraction of sp³-hybridized carbons (Fsp3) is 0.353. The molecule has 1 heterocycles. The molecule has 2 rings (SSSR count). The second-order valence-electron chi connectivity index (χ2n) is 5.50. The van der Waals surface area contributed by atoms with Crippen LogP contribution in [0.4, 0.5) is 0 Å². The Morgan fingerprint density at radius 2 is 2.17 bits per heavy atom. The molecule has 1 aromatic carbocycles. The lowest BCUT2D eigenvalue weighted by Gasteiger charge is -2.23. The molecule has 0 spiro atoms. The van der Waals surface area contributed by atoms with E-state index in [-0.39, 0.29) is 18.6 Å². The number of aryl methyl sites for hydroxylation is 1. The Hall–Kier alpha value is -1.56. The summed E-state index contributed by atoms with van der Waals surface area (Å²) in [4.78, 5) is 15.3. The summed E-state index contributed by atoms with van der Waals surface area (Å²) < 4.78 is 5.51. The quantitative estimate of drug-likeness (QED) is 0.829. The summed E-state index contributed by atoms with van der Waals surface area (Å²) >= 11 is 7.66. The van der Waals surface area contributed by atoms with E-state index in [2.05, 4.69) is 16.3 Å². The molecule has 0 fully saturated rings. The van der Waals surface area contributed by atoms with Crippen LogP contribution in [-0.2, 0) is 4.79 Å². The van der Waals surface area contributed by atoms with Gasteiger partial charge in [0.25, 0.3) is 5.91 Å². The molecule has 23 heavy (non-hydrogen) atoms. The number of nitrogens with zero attached hydrogens (tertiary/aromatic N) is 1. The minimum Gasteiger partial charge on any atom is -0.484 e. The summed E-state index contributed by atoms with van der Waals surface area (Å²) in [6.45, 7) is 2.44. The average Bonchev–Trinajstić information content (AvgIpc) is 3.02. The van der Waals surface area contributed by atoms with Crippen LogP contribution < -0.4 is 10.1 Å². The van der Waals surface area contributed by atoms with Crippen molar-refractivity contribution in [2.45, 2.75) is 13.0 Å². The zero-order valence-electron chi connectivity index (χ0n) is 13.5. The van der Waals surface area contributed by atoms with Crippen LogP contribution in [0.25, 0.3) is 0 Å². The number of halogens is 1. The standard InChI is InChI=1S/C17H21ClN2O2S/c1-12-9-13(6-7-14(12)18)22-11-17(21)19-10-15(20(2)3)16-5-4-8-23-16/h4-9,15H,10-11H2,1-3H3,(H,19,21)/t15-/m0/s1. The zero-order chi connectivity index (χ0) is 16.8. The monoisotopic (exact) mass is 352 g/mol. The van der Waals surface area contributed by atoms with Gasteiger partial charge in [-0.1, -0.05) is 17.7 Å². The van der Waals surface area contributed by atoms with Gasteiger partial charge in [0.15, 0.2) is 6.61 Å². The number of carbonyl (C=O) groups excluding carboxylic acids is 1. The predicted octanol–water partition coefficient (Wildman–Crippen LogP) is 3.51. The van der Waals surface area contributed by atoms with Crippen molar-refractivity contribution in [1.82, 2.24) is 10.2 Å². The fourth-order valence-electron chi connectivity index (χ4n) is 2.14. The number of hydrogen-bond acceptors (Lipinski definition) is 4. The lowest BCUT2D eigenvalue weighted by atomic mass is 10.2. The molecule has 0 aliphatic rings. The molecule has 124 valence electrons. The molecule has 1 aromatic heterocycles. The fourth-order valence-corrected chi connectivity index (χ4v) is 3.18. The van der Waals surface area contributed by atoms with Gasteiger partial charge in [-0.3, -0.25) is 4.79 Å². The zero-order valence-corrected chi connectivity index (χ0v) is 15.1. The number of hydrogen-bond donors (Lipinski definition) is 1. The summed E-state index contributed by atoms with van der Waals surface area (Å²) in [6.07, 6.45) is 0. The predicted molar refractivity (Wildman–Crippen MR) is 95.4 cm³/mol. The van der Waals surface area contributed by atoms with Crippen molar-refractivity contribution in [2.75, 3.05) is 27.2 Å². The highest BCUT2D eigenvalue weighted by Gasteiger charge is 2.16. The van der Waals surface area contributed by atoms with Gasteiger partial charge in [0.1, 0.15) is 5.75 Å². The second-order valence-corrected chi connectivity index (χ2v) is 6.89. The molecular weight excluding hydrogens is 332 g/mol. The van der Waals surface area contributed by atoms with Crippen molar-refractivity contribution < 1.29 is 9.53 Å². The summed E-state index contributed by atoms with van der Waals surface area (Å²) in [6, 6.07) is 9.61. The Bertz CT molecular complexity index is 644. The third kappa shape index (κ3) is 5.23. The lowest BCUT2D eigenvalue weighted by Crippen LogP contribution is -2.36. The van der Waals surface area contributed by atoms with Gasteiger partial charge >= 0.3 is 0 Å². The van der Waals surface area contributed by atoms with Crippen molar-refractivity contribution in [2.24, 2.45) is 0 Å². The van der Waals surface area contributed by atoms with E-state index in [0.717, 1.165) is 5.56 Å². The maximum absolute atomic E-state index is 12.0. The van der Waals surface area contributed by atoms with Crippen molar-refractivity contribution >= 4 is 28.8 Å². The molecule has 4 nitrogen and oxygen atoms in total. The molecular formula is C17H21ClN2O2S. The molecule has 0 radical (unpaired) electrons. The van der Waals surface area contributed by atoms with Crippen molar-refractivity contribution in [3.8, 4) is 5.75 Å². The Morgan fingerprint density at radius 3 is 2.78 bits per heavy atom.